The number of hydrogen-bond acceptors (Lipinski definition) is 3. The highest BCUT2D eigenvalue weighted by atomic mass is 16.6. The molecular weight excluding hydrogens is 268 g/mol. The molecule has 21 heavy (non-hydrogen) atoms. The third kappa shape index (κ3) is 3.76. The molecule has 0 saturated carbocycles. The largest absolute Gasteiger partial charge is 0.322 e. The van der Waals surface area contributed by atoms with Crippen LogP contribution in [-0.4, -0.2) is 10.8 Å². The molecule has 2 aromatic rings. The van der Waals surface area contributed by atoms with Crippen molar-refractivity contribution < 1.29 is 9.72 Å². The molecule has 106 valence electrons. The highest BCUT2D eigenvalue weighted by Crippen LogP contribution is 2.19. The van der Waals surface area contributed by atoms with Crippen LogP contribution in [0.15, 0.2) is 54.6 Å². The molecule has 0 aliphatic heterocycles. The van der Waals surface area contributed by atoms with Gasteiger partial charge in [-0.15, -0.1) is 0 Å². The zero-order chi connectivity index (χ0) is 15.2. The first kappa shape index (κ1) is 14.5. The van der Waals surface area contributed by atoms with Crippen molar-refractivity contribution in [1.82, 2.24) is 0 Å². The summed E-state index contributed by atoms with van der Waals surface area (Å²) in [5, 5.41) is 13.6. The summed E-state index contributed by atoms with van der Waals surface area (Å²) in [7, 11) is 0. The summed E-state index contributed by atoms with van der Waals surface area (Å²) in [5.41, 5.74) is 2.03. The molecule has 0 heterocycles. The third-order valence-electron chi connectivity index (χ3n) is 2.95. The van der Waals surface area contributed by atoms with E-state index >= 15 is 0 Å². The van der Waals surface area contributed by atoms with Crippen LogP contribution in [0.2, 0.25) is 0 Å². The second kappa shape index (κ2) is 6.47. The summed E-state index contributed by atoms with van der Waals surface area (Å²) in [6.45, 7) is 1.89. The van der Waals surface area contributed by atoms with Gasteiger partial charge < -0.3 is 5.32 Å². The van der Waals surface area contributed by atoms with Gasteiger partial charge in [0.05, 0.1) is 10.5 Å². The fourth-order valence-electron chi connectivity index (χ4n) is 1.85. The van der Waals surface area contributed by atoms with Crippen LogP contribution in [0.1, 0.15) is 11.1 Å². The standard InChI is InChI=1S/C16H14N2O3/c1-12-6-2-4-8-14(12)17-16(19)11-10-13-7-3-5-9-15(13)18(20)21/h2-11H,1H3,(H,17,19). The predicted molar refractivity (Wildman–Crippen MR) is 81.9 cm³/mol. The molecule has 0 aliphatic carbocycles. The molecule has 0 aliphatic rings. The molecule has 0 fully saturated rings. The summed E-state index contributed by atoms with van der Waals surface area (Å²) in [4.78, 5) is 22.3. The van der Waals surface area contributed by atoms with Crippen LogP contribution in [0.5, 0.6) is 0 Å². The van der Waals surface area contributed by atoms with Crippen LogP contribution in [0.3, 0.4) is 0 Å². The number of hydrogen-bond donors (Lipinski definition) is 1. The molecule has 5 nitrogen and oxygen atoms in total. The van der Waals surface area contributed by atoms with Gasteiger partial charge in [-0.3, -0.25) is 14.9 Å². The van der Waals surface area contributed by atoms with Crippen LogP contribution in [0.4, 0.5) is 11.4 Å². The van der Waals surface area contributed by atoms with Crippen LogP contribution >= 0.6 is 0 Å². The number of nitro benzene ring substituents is 1. The molecule has 5 heteroatoms. The van der Waals surface area contributed by atoms with E-state index < -0.39 is 4.92 Å². The lowest BCUT2D eigenvalue weighted by atomic mass is 10.1. The van der Waals surface area contributed by atoms with Gasteiger partial charge in [-0.2, -0.15) is 0 Å². The van der Waals surface area contributed by atoms with Gasteiger partial charge in [0.15, 0.2) is 0 Å². The smallest absolute Gasteiger partial charge is 0.276 e. The zero-order valence-electron chi connectivity index (χ0n) is 11.4. The Morgan fingerprint density at radius 1 is 1.14 bits per heavy atom. The van der Waals surface area contributed by atoms with E-state index in [0.29, 0.717) is 5.56 Å². The Morgan fingerprint density at radius 3 is 2.52 bits per heavy atom. The molecular formula is C16H14N2O3. The van der Waals surface area contributed by atoms with Crippen molar-refractivity contribution in [1.29, 1.82) is 0 Å². The number of aryl methyl sites for hydroxylation is 1. The number of anilines is 1. The van der Waals surface area contributed by atoms with E-state index in [1.807, 2.05) is 25.1 Å². The predicted octanol–water partition coefficient (Wildman–Crippen LogP) is 3.56. The highest BCUT2D eigenvalue weighted by Gasteiger charge is 2.09. The first-order chi connectivity index (χ1) is 10.1. The second-order valence-corrected chi connectivity index (χ2v) is 4.45. The molecule has 0 radical (unpaired) electrons. The van der Waals surface area contributed by atoms with E-state index in [9.17, 15) is 14.9 Å². The van der Waals surface area contributed by atoms with Crippen molar-refractivity contribution in [2.75, 3.05) is 5.32 Å². The number of para-hydroxylation sites is 2. The lowest BCUT2D eigenvalue weighted by Gasteiger charge is -2.05. The molecule has 0 spiro atoms. The summed E-state index contributed by atoms with van der Waals surface area (Å²) in [6.07, 6.45) is 2.72. The van der Waals surface area contributed by atoms with Gasteiger partial charge in [-0.1, -0.05) is 30.3 Å². The maximum absolute atomic E-state index is 11.9. The lowest BCUT2D eigenvalue weighted by molar-refractivity contribution is -0.385. The van der Waals surface area contributed by atoms with E-state index in [0.717, 1.165) is 11.3 Å². The Kier molecular flexibility index (Phi) is 4.46. The number of rotatable bonds is 4. The van der Waals surface area contributed by atoms with E-state index in [1.165, 1.54) is 18.2 Å². The first-order valence-electron chi connectivity index (χ1n) is 6.36. The Balaban J connectivity index is 2.13. The Hall–Kier alpha value is -2.95. The quantitative estimate of drug-likeness (QED) is 0.529. The number of nitrogens with one attached hydrogen (secondary N) is 1. The van der Waals surface area contributed by atoms with Crippen molar-refractivity contribution in [3.63, 3.8) is 0 Å². The van der Waals surface area contributed by atoms with Gasteiger partial charge >= 0.3 is 0 Å². The minimum Gasteiger partial charge on any atom is -0.322 e. The average molecular weight is 282 g/mol. The monoisotopic (exact) mass is 282 g/mol. The summed E-state index contributed by atoms with van der Waals surface area (Å²) in [6, 6.07) is 13.7. The number of benzene rings is 2. The van der Waals surface area contributed by atoms with Gasteiger partial charge in [0, 0.05) is 17.8 Å². The lowest BCUT2D eigenvalue weighted by Crippen LogP contribution is -2.08. The third-order valence-corrected chi connectivity index (χ3v) is 2.95. The SMILES string of the molecule is Cc1ccccc1NC(=O)C=Cc1ccccc1[N+](=O)[O-]. The van der Waals surface area contributed by atoms with Crippen LogP contribution in [0, 0.1) is 17.0 Å². The molecule has 0 saturated heterocycles. The van der Waals surface area contributed by atoms with Crippen molar-refractivity contribution in [2.24, 2.45) is 0 Å². The maximum atomic E-state index is 11.9. The number of nitrogens with zero attached hydrogens (tertiary/aromatic N) is 1. The van der Waals surface area contributed by atoms with Crippen molar-refractivity contribution in [3.8, 4) is 0 Å². The van der Waals surface area contributed by atoms with Gasteiger partial charge in [0.2, 0.25) is 5.91 Å². The minimum atomic E-state index is -0.473. The van der Waals surface area contributed by atoms with Crippen LogP contribution < -0.4 is 5.32 Å². The average Bonchev–Trinajstić information content (AvgIpc) is 2.48. The molecule has 0 bridgehead atoms. The molecule has 0 aromatic heterocycles. The number of carbonyl (C=O) groups excluding carboxylic acids is 1. The fraction of sp³-hybridized carbons (Fsp3) is 0.0625. The molecule has 2 aromatic carbocycles. The number of nitro groups is 1. The van der Waals surface area contributed by atoms with E-state index in [1.54, 1.807) is 24.3 Å². The van der Waals surface area contributed by atoms with E-state index in [-0.39, 0.29) is 11.6 Å². The molecule has 2 rings (SSSR count). The van der Waals surface area contributed by atoms with Gasteiger partial charge in [-0.05, 0) is 30.7 Å². The van der Waals surface area contributed by atoms with Crippen molar-refractivity contribution >= 4 is 23.4 Å². The Labute approximate surface area is 122 Å². The van der Waals surface area contributed by atoms with Crippen LogP contribution in [-0.2, 0) is 4.79 Å². The summed E-state index contributed by atoms with van der Waals surface area (Å²) >= 11 is 0. The normalized spacial score (nSPS) is 10.5. The van der Waals surface area contributed by atoms with Gasteiger partial charge in [-0.25, -0.2) is 0 Å². The highest BCUT2D eigenvalue weighted by molar-refractivity contribution is 6.02. The Bertz CT molecular complexity index is 708. The van der Waals surface area contributed by atoms with Crippen molar-refractivity contribution in [2.45, 2.75) is 6.92 Å². The summed E-state index contributed by atoms with van der Waals surface area (Å²) < 4.78 is 0. The molecule has 0 atom stereocenters. The molecule has 1 N–H and O–H groups in total. The minimum absolute atomic E-state index is 0.0301. The van der Waals surface area contributed by atoms with Crippen molar-refractivity contribution in [3.05, 3.63) is 75.8 Å². The number of carbonyl (C=O) groups is 1. The molecule has 0 unspecified atom stereocenters. The van der Waals surface area contributed by atoms with Gasteiger partial charge in [0.1, 0.15) is 0 Å². The fourth-order valence-corrected chi connectivity index (χ4v) is 1.85. The summed E-state index contributed by atoms with van der Waals surface area (Å²) in [5.74, 6) is -0.331. The maximum Gasteiger partial charge on any atom is 0.276 e. The Morgan fingerprint density at radius 2 is 1.81 bits per heavy atom. The first-order valence-corrected chi connectivity index (χ1v) is 6.36. The second-order valence-electron chi connectivity index (χ2n) is 4.45. The molecule has 1 amide bonds. The van der Waals surface area contributed by atoms with E-state index in [4.69, 9.17) is 0 Å². The topological polar surface area (TPSA) is 72.2 Å². The number of amides is 1. The van der Waals surface area contributed by atoms with E-state index in [2.05, 4.69) is 5.32 Å². The van der Waals surface area contributed by atoms with Crippen LogP contribution in [0.25, 0.3) is 6.08 Å². The van der Waals surface area contributed by atoms with Gasteiger partial charge in [0.25, 0.3) is 5.69 Å². The zero-order valence-corrected chi connectivity index (χ0v) is 11.4.